The second kappa shape index (κ2) is 6.27. The molecule has 25 heavy (non-hydrogen) atoms. The summed E-state index contributed by atoms with van der Waals surface area (Å²) in [4.78, 5) is 17.0. The lowest BCUT2D eigenvalue weighted by Crippen LogP contribution is -2.20. The van der Waals surface area contributed by atoms with Gasteiger partial charge in [0.15, 0.2) is 17.3 Å². The van der Waals surface area contributed by atoms with E-state index in [1.54, 1.807) is 18.2 Å². The summed E-state index contributed by atoms with van der Waals surface area (Å²) in [5, 5.41) is 9.83. The zero-order valence-corrected chi connectivity index (χ0v) is 13.6. The van der Waals surface area contributed by atoms with E-state index in [-0.39, 0.29) is 5.91 Å². The third kappa shape index (κ3) is 3.03. The third-order valence-corrected chi connectivity index (χ3v) is 3.79. The number of aryl methyl sites for hydroxylation is 1. The molecule has 2 N–H and O–H groups in total. The maximum absolute atomic E-state index is 12.7. The largest absolute Gasteiger partial charge is 0.486 e. The molecular formula is C18H16N4O3. The molecule has 0 bridgehead atoms. The van der Waals surface area contributed by atoms with Gasteiger partial charge in [-0.2, -0.15) is 5.10 Å². The van der Waals surface area contributed by atoms with Crippen molar-refractivity contribution in [2.75, 3.05) is 18.5 Å². The van der Waals surface area contributed by atoms with Gasteiger partial charge in [-0.25, -0.2) is 4.98 Å². The minimum absolute atomic E-state index is 0.259. The molecule has 126 valence electrons. The minimum atomic E-state index is -0.259. The van der Waals surface area contributed by atoms with E-state index in [9.17, 15) is 4.79 Å². The highest BCUT2D eigenvalue weighted by molar-refractivity contribution is 6.07. The van der Waals surface area contributed by atoms with E-state index in [1.165, 1.54) is 0 Å². The van der Waals surface area contributed by atoms with E-state index in [4.69, 9.17) is 9.47 Å². The monoisotopic (exact) mass is 336 g/mol. The van der Waals surface area contributed by atoms with Crippen molar-refractivity contribution >= 4 is 11.6 Å². The molecule has 7 heteroatoms. The number of carbonyl (C=O) groups is 1. The van der Waals surface area contributed by atoms with Gasteiger partial charge in [-0.15, -0.1) is 0 Å². The Balaban J connectivity index is 1.60. The van der Waals surface area contributed by atoms with Gasteiger partial charge in [-0.3, -0.25) is 9.89 Å². The van der Waals surface area contributed by atoms with Crippen LogP contribution < -0.4 is 14.8 Å². The fourth-order valence-corrected chi connectivity index (χ4v) is 2.66. The summed E-state index contributed by atoms with van der Waals surface area (Å²) < 4.78 is 11.1. The number of benzene rings is 2. The molecule has 1 aliphatic rings. The average molecular weight is 336 g/mol. The molecule has 1 aliphatic heterocycles. The average Bonchev–Trinajstić information content (AvgIpc) is 3.08. The molecule has 1 amide bonds. The number of fused-ring (bicyclic) bond motifs is 1. The molecule has 0 radical (unpaired) electrons. The summed E-state index contributed by atoms with van der Waals surface area (Å²) in [6, 6.07) is 12.6. The molecule has 0 saturated carbocycles. The molecule has 0 unspecified atom stereocenters. The number of aromatic nitrogens is 3. The second-order valence-electron chi connectivity index (χ2n) is 5.61. The lowest BCUT2D eigenvalue weighted by atomic mass is 10.1. The van der Waals surface area contributed by atoms with Crippen molar-refractivity contribution in [2.45, 2.75) is 6.92 Å². The van der Waals surface area contributed by atoms with Crippen LogP contribution in [0.1, 0.15) is 16.2 Å². The molecule has 4 rings (SSSR count). The zero-order chi connectivity index (χ0) is 17.2. The van der Waals surface area contributed by atoms with Crippen LogP contribution in [-0.4, -0.2) is 34.3 Å². The molecule has 1 aromatic heterocycles. The fourth-order valence-electron chi connectivity index (χ4n) is 2.66. The van der Waals surface area contributed by atoms with E-state index < -0.39 is 0 Å². The second-order valence-corrected chi connectivity index (χ2v) is 5.61. The Labute approximate surface area is 144 Å². The molecule has 3 aromatic rings. The van der Waals surface area contributed by atoms with Crippen molar-refractivity contribution in [1.29, 1.82) is 0 Å². The van der Waals surface area contributed by atoms with Gasteiger partial charge in [-0.1, -0.05) is 18.2 Å². The van der Waals surface area contributed by atoms with E-state index in [2.05, 4.69) is 20.5 Å². The lowest BCUT2D eigenvalue weighted by Gasteiger charge is -2.20. The minimum Gasteiger partial charge on any atom is -0.486 e. The van der Waals surface area contributed by atoms with E-state index in [1.807, 2.05) is 31.2 Å². The van der Waals surface area contributed by atoms with Crippen molar-refractivity contribution in [3.05, 3.63) is 53.9 Å². The van der Waals surface area contributed by atoms with Crippen LogP contribution >= 0.6 is 0 Å². The van der Waals surface area contributed by atoms with Crippen LogP contribution in [0.15, 0.2) is 42.5 Å². The molecule has 0 spiro atoms. The van der Waals surface area contributed by atoms with Gasteiger partial charge in [0.05, 0.1) is 5.56 Å². The van der Waals surface area contributed by atoms with Crippen molar-refractivity contribution < 1.29 is 14.3 Å². The van der Waals surface area contributed by atoms with Gasteiger partial charge < -0.3 is 14.8 Å². The fraction of sp³-hybridized carbons (Fsp3) is 0.167. The Morgan fingerprint density at radius 2 is 2.00 bits per heavy atom. The number of anilines is 1. The summed E-state index contributed by atoms with van der Waals surface area (Å²) in [5.41, 5.74) is 1.91. The van der Waals surface area contributed by atoms with Crippen LogP contribution in [-0.2, 0) is 0 Å². The summed E-state index contributed by atoms with van der Waals surface area (Å²) in [5.74, 6) is 2.13. The first kappa shape index (κ1) is 15.2. The van der Waals surface area contributed by atoms with E-state index in [0.717, 1.165) is 11.4 Å². The van der Waals surface area contributed by atoms with Crippen LogP contribution in [0.2, 0.25) is 0 Å². The first-order valence-corrected chi connectivity index (χ1v) is 7.90. The Morgan fingerprint density at radius 3 is 2.84 bits per heavy atom. The first-order chi connectivity index (χ1) is 12.2. The number of aromatic amines is 1. The standard InChI is InChI=1S/C18H16N4O3/c1-11-19-17(22-21-11)12-4-2-5-13(10-12)20-18(23)14-6-3-7-15-16(14)25-9-8-24-15/h2-7,10H,8-9H2,1H3,(H,20,23)(H,19,21,22). The predicted molar refractivity (Wildman–Crippen MR) is 91.9 cm³/mol. The van der Waals surface area contributed by atoms with Crippen LogP contribution in [0.25, 0.3) is 11.4 Å². The molecule has 2 heterocycles. The third-order valence-electron chi connectivity index (χ3n) is 3.79. The molecule has 7 nitrogen and oxygen atoms in total. The number of hydrogen-bond donors (Lipinski definition) is 2. The summed E-state index contributed by atoms with van der Waals surface area (Å²) >= 11 is 0. The molecular weight excluding hydrogens is 320 g/mol. The van der Waals surface area contributed by atoms with Crippen molar-refractivity contribution in [1.82, 2.24) is 15.2 Å². The zero-order valence-electron chi connectivity index (χ0n) is 13.6. The highest BCUT2D eigenvalue weighted by Gasteiger charge is 2.20. The lowest BCUT2D eigenvalue weighted by molar-refractivity contribution is 0.101. The van der Waals surface area contributed by atoms with Crippen molar-refractivity contribution in [3.8, 4) is 22.9 Å². The van der Waals surface area contributed by atoms with Crippen LogP contribution in [0, 0.1) is 6.92 Å². The normalized spacial score (nSPS) is 12.7. The number of para-hydroxylation sites is 1. The topological polar surface area (TPSA) is 89.1 Å². The van der Waals surface area contributed by atoms with E-state index >= 15 is 0 Å². The predicted octanol–water partition coefficient (Wildman–Crippen LogP) is 2.80. The molecule has 2 aromatic carbocycles. The number of nitrogens with one attached hydrogen (secondary N) is 2. The number of H-pyrrole nitrogens is 1. The Kier molecular flexibility index (Phi) is 3.81. The van der Waals surface area contributed by atoms with Gasteiger partial charge in [0, 0.05) is 11.3 Å². The van der Waals surface area contributed by atoms with Crippen LogP contribution in [0.4, 0.5) is 5.69 Å². The Morgan fingerprint density at radius 1 is 1.16 bits per heavy atom. The number of ether oxygens (including phenoxy) is 2. The number of rotatable bonds is 3. The number of hydrogen-bond acceptors (Lipinski definition) is 5. The molecule has 0 fully saturated rings. The number of nitrogens with zero attached hydrogens (tertiary/aromatic N) is 2. The smallest absolute Gasteiger partial charge is 0.259 e. The van der Waals surface area contributed by atoms with Crippen molar-refractivity contribution in [3.63, 3.8) is 0 Å². The summed E-state index contributed by atoms with van der Waals surface area (Å²) in [6.07, 6.45) is 0. The van der Waals surface area contributed by atoms with Gasteiger partial charge >= 0.3 is 0 Å². The Bertz CT molecular complexity index is 936. The highest BCUT2D eigenvalue weighted by atomic mass is 16.6. The van der Waals surface area contributed by atoms with Gasteiger partial charge in [0.2, 0.25) is 0 Å². The maximum atomic E-state index is 12.7. The molecule has 0 atom stereocenters. The Hall–Kier alpha value is -3.35. The number of amides is 1. The summed E-state index contributed by atoms with van der Waals surface area (Å²) in [7, 11) is 0. The summed E-state index contributed by atoms with van der Waals surface area (Å²) in [6.45, 7) is 2.75. The SMILES string of the molecule is Cc1nc(-c2cccc(NC(=O)c3cccc4c3OCCO4)c2)n[nH]1. The molecule has 0 saturated heterocycles. The maximum Gasteiger partial charge on any atom is 0.259 e. The van der Waals surface area contributed by atoms with E-state index in [0.29, 0.717) is 41.8 Å². The van der Waals surface area contributed by atoms with Gasteiger partial charge in [0.1, 0.15) is 19.0 Å². The number of carbonyl (C=O) groups excluding carboxylic acids is 1. The van der Waals surface area contributed by atoms with Gasteiger partial charge in [0.25, 0.3) is 5.91 Å². The first-order valence-electron chi connectivity index (χ1n) is 7.90. The van der Waals surface area contributed by atoms with Crippen LogP contribution in [0.5, 0.6) is 11.5 Å². The quantitative estimate of drug-likeness (QED) is 0.768. The van der Waals surface area contributed by atoms with Crippen molar-refractivity contribution in [2.24, 2.45) is 0 Å². The van der Waals surface area contributed by atoms with Gasteiger partial charge in [-0.05, 0) is 31.2 Å². The van der Waals surface area contributed by atoms with Crippen LogP contribution in [0.3, 0.4) is 0 Å². The highest BCUT2D eigenvalue weighted by Crippen LogP contribution is 2.34. The molecule has 0 aliphatic carbocycles.